The third kappa shape index (κ3) is 5.72. The van der Waals surface area contributed by atoms with Gasteiger partial charge in [-0.05, 0) is 35.7 Å². The lowest BCUT2D eigenvalue weighted by Crippen LogP contribution is -2.57. The fraction of sp³-hybridized carbons (Fsp3) is 0.391. The Bertz CT molecular complexity index is 851. The van der Waals surface area contributed by atoms with Crippen molar-refractivity contribution in [1.82, 2.24) is 15.5 Å². The monoisotopic (exact) mass is 412 g/mol. The molecule has 6 nitrogen and oxygen atoms in total. The van der Waals surface area contributed by atoms with Gasteiger partial charge in [0.1, 0.15) is 11.9 Å². The number of amides is 3. The fourth-order valence-electron chi connectivity index (χ4n) is 3.51. The largest absolute Gasteiger partial charge is 0.368 e. The lowest BCUT2D eigenvalue weighted by molar-refractivity contribution is -0.124. The van der Waals surface area contributed by atoms with E-state index in [-0.39, 0.29) is 30.2 Å². The number of rotatable bonds is 6. The molecule has 0 bridgehead atoms. The minimum absolute atomic E-state index is 0.0768. The van der Waals surface area contributed by atoms with Crippen LogP contribution in [0.2, 0.25) is 0 Å². The van der Waals surface area contributed by atoms with E-state index in [1.165, 1.54) is 12.1 Å². The molecule has 2 N–H and O–H groups in total. The number of carbonyl (C=O) groups is 2. The molecule has 1 atom stereocenters. The molecule has 0 spiro atoms. The number of nitrogens with zero attached hydrogens (tertiary/aromatic N) is 2. The number of anilines is 1. The summed E-state index contributed by atoms with van der Waals surface area (Å²) in [5, 5.41) is 5.67. The van der Waals surface area contributed by atoms with Crippen LogP contribution in [-0.4, -0.2) is 49.1 Å². The van der Waals surface area contributed by atoms with Crippen LogP contribution in [0.3, 0.4) is 0 Å². The molecular formula is C23H29FN4O2. The van der Waals surface area contributed by atoms with Crippen molar-refractivity contribution < 1.29 is 14.0 Å². The number of benzene rings is 2. The average molecular weight is 413 g/mol. The van der Waals surface area contributed by atoms with Gasteiger partial charge in [-0.1, -0.05) is 44.2 Å². The molecule has 0 radical (unpaired) electrons. The highest BCUT2D eigenvalue weighted by atomic mass is 19.1. The molecule has 7 heteroatoms. The van der Waals surface area contributed by atoms with Crippen LogP contribution < -0.4 is 15.5 Å². The first-order chi connectivity index (χ1) is 14.4. The lowest BCUT2D eigenvalue weighted by Gasteiger charge is -2.37. The maximum atomic E-state index is 13.3. The summed E-state index contributed by atoms with van der Waals surface area (Å²) < 4.78 is 13.3. The SMILES string of the molecule is CC(C)[C@H](NC(=O)N1CCN(c2ccccc2)CC1)C(=O)NCc1cccc(F)c1. The Morgan fingerprint density at radius 2 is 1.70 bits per heavy atom. The molecule has 1 fully saturated rings. The number of piperazine rings is 1. The van der Waals surface area contributed by atoms with Gasteiger partial charge >= 0.3 is 6.03 Å². The van der Waals surface area contributed by atoms with E-state index in [4.69, 9.17) is 0 Å². The van der Waals surface area contributed by atoms with Crippen molar-refractivity contribution in [3.63, 3.8) is 0 Å². The topological polar surface area (TPSA) is 64.7 Å². The van der Waals surface area contributed by atoms with Gasteiger partial charge in [0.2, 0.25) is 5.91 Å². The molecule has 3 amide bonds. The van der Waals surface area contributed by atoms with Gasteiger partial charge in [0.05, 0.1) is 0 Å². The highest BCUT2D eigenvalue weighted by Gasteiger charge is 2.28. The van der Waals surface area contributed by atoms with E-state index in [9.17, 15) is 14.0 Å². The second kappa shape index (κ2) is 10.1. The van der Waals surface area contributed by atoms with E-state index < -0.39 is 6.04 Å². The zero-order valence-corrected chi connectivity index (χ0v) is 17.5. The number of halogens is 1. The summed E-state index contributed by atoms with van der Waals surface area (Å²) >= 11 is 0. The Kier molecular flexibility index (Phi) is 7.27. The van der Waals surface area contributed by atoms with Crippen molar-refractivity contribution in [1.29, 1.82) is 0 Å². The Morgan fingerprint density at radius 3 is 2.33 bits per heavy atom. The molecule has 2 aromatic carbocycles. The molecule has 30 heavy (non-hydrogen) atoms. The highest BCUT2D eigenvalue weighted by molar-refractivity contribution is 5.87. The molecule has 1 aliphatic rings. The van der Waals surface area contributed by atoms with Crippen LogP contribution in [0.4, 0.5) is 14.9 Å². The Morgan fingerprint density at radius 1 is 1.00 bits per heavy atom. The molecule has 2 aromatic rings. The average Bonchev–Trinajstić information content (AvgIpc) is 2.76. The Labute approximate surface area is 177 Å². The van der Waals surface area contributed by atoms with Crippen molar-refractivity contribution >= 4 is 17.6 Å². The minimum atomic E-state index is -0.654. The molecule has 0 aromatic heterocycles. The van der Waals surface area contributed by atoms with Gasteiger partial charge in [-0.25, -0.2) is 9.18 Å². The van der Waals surface area contributed by atoms with Crippen LogP contribution in [-0.2, 0) is 11.3 Å². The van der Waals surface area contributed by atoms with Gasteiger partial charge in [-0.3, -0.25) is 4.79 Å². The van der Waals surface area contributed by atoms with Crippen molar-refractivity contribution in [2.75, 3.05) is 31.1 Å². The zero-order chi connectivity index (χ0) is 21.5. The van der Waals surface area contributed by atoms with Crippen LogP contribution in [0.25, 0.3) is 0 Å². The highest BCUT2D eigenvalue weighted by Crippen LogP contribution is 2.16. The van der Waals surface area contributed by atoms with Gasteiger partial charge in [-0.15, -0.1) is 0 Å². The standard InChI is InChI=1S/C23H29FN4O2/c1-17(2)21(22(29)25-16-18-7-6-8-19(24)15-18)26-23(30)28-13-11-27(12-14-28)20-9-4-3-5-10-20/h3-10,15,17,21H,11-14,16H2,1-2H3,(H,25,29)(H,26,30)/t21-/m0/s1. The predicted octanol–water partition coefficient (Wildman–Crippen LogP) is 3.00. The lowest BCUT2D eigenvalue weighted by atomic mass is 10.0. The third-order valence-electron chi connectivity index (χ3n) is 5.27. The van der Waals surface area contributed by atoms with Gasteiger partial charge < -0.3 is 20.4 Å². The number of urea groups is 1. The maximum Gasteiger partial charge on any atom is 0.318 e. The summed E-state index contributed by atoms with van der Waals surface area (Å²) in [5.74, 6) is -0.692. The van der Waals surface area contributed by atoms with E-state index in [1.807, 2.05) is 32.0 Å². The number of para-hydroxylation sites is 1. The van der Waals surface area contributed by atoms with E-state index >= 15 is 0 Å². The molecule has 160 valence electrons. The summed E-state index contributed by atoms with van der Waals surface area (Å²) in [6.45, 7) is 6.67. The zero-order valence-electron chi connectivity index (χ0n) is 17.5. The maximum absolute atomic E-state index is 13.3. The second-order valence-electron chi connectivity index (χ2n) is 7.83. The molecule has 1 heterocycles. The first kappa shape index (κ1) is 21.6. The van der Waals surface area contributed by atoms with Gasteiger partial charge in [0.25, 0.3) is 0 Å². The number of carbonyl (C=O) groups excluding carboxylic acids is 2. The smallest absolute Gasteiger partial charge is 0.318 e. The van der Waals surface area contributed by atoms with E-state index in [0.717, 1.165) is 18.8 Å². The van der Waals surface area contributed by atoms with Crippen LogP contribution in [0, 0.1) is 11.7 Å². The van der Waals surface area contributed by atoms with Crippen LogP contribution >= 0.6 is 0 Å². The normalized spacial score (nSPS) is 15.1. The quantitative estimate of drug-likeness (QED) is 0.767. The molecule has 3 rings (SSSR count). The molecular weight excluding hydrogens is 383 g/mol. The number of hydrogen-bond donors (Lipinski definition) is 2. The van der Waals surface area contributed by atoms with E-state index in [0.29, 0.717) is 18.7 Å². The van der Waals surface area contributed by atoms with E-state index in [1.54, 1.807) is 17.0 Å². The first-order valence-corrected chi connectivity index (χ1v) is 10.3. The summed E-state index contributed by atoms with van der Waals surface area (Å²) in [4.78, 5) is 29.4. The van der Waals surface area contributed by atoms with Crippen molar-refractivity contribution in [2.45, 2.75) is 26.4 Å². The van der Waals surface area contributed by atoms with Crippen LogP contribution in [0.1, 0.15) is 19.4 Å². The van der Waals surface area contributed by atoms with Crippen molar-refractivity contribution in [3.05, 3.63) is 66.0 Å². The summed E-state index contributed by atoms with van der Waals surface area (Å²) in [6, 6.07) is 15.3. The molecule has 1 saturated heterocycles. The summed E-state index contributed by atoms with van der Waals surface area (Å²) in [7, 11) is 0. The number of hydrogen-bond acceptors (Lipinski definition) is 3. The van der Waals surface area contributed by atoms with Crippen LogP contribution in [0.5, 0.6) is 0 Å². The Hall–Kier alpha value is -3.09. The Balaban J connectivity index is 1.52. The predicted molar refractivity (Wildman–Crippen MR) is 116 cm³/mol. The van der Waals surface area contributed by atoms with Crippen molar-refractivity contribution in [3.8, 4) is 0 Å². The number of nitrogens with one attached hydrogen (secondary N) is 2. The van der Waals surface area contributed by atoms with Crippen LogP contribution in [0.15, 0.2) is 54.6 Å². The molecule has 1 aliphatic heterocycles. The third-order valence-corrected chi connectivity index (χ3v) is 5.27. The van der Waals surface area contributed by atoms with Gasteiger partial charge in [0.15, 0.2) is 0 Å². The minimum Gasteiger partial charge on any atom is -0.368 e. The van der Waals surface area contributed by atoms with Crippen molar-refractivity contribution in [2.24, 2.45) is 5.92 Å². The fourth-order valence-corrected chi connectivity index (χ4v) is 3.51. The second-order valence-corrected chi connectivity index (χ2v) is 7.83. The molecule has 0 unspecified atom stereocenters. The molecule has 0 aliphatic carbocycles. The van der Waals surface area contributed by atoms with E-state index in [2.05, 4.69) is 27.7 Å². The van der Waals surface area contributed by atoms with Gasteiger partial charge in [-0.2, -0.15) is 0 Å². The first-order valence-electron chi connectivity index (χ1n) is 10.3. The summed E-state index contributed by atoms with van der Waals surface area (Å²) in [6.07, 6.45) is 0. The summed E-state index contributed by atoms with van der Waals surface area (Å²) in [5.41, 5.74) is 1.82. The van der Waals surface area contributed by atoms with Gasteiger partial charge in [0, 0.05) is 38.4 Å². The molecule has 0 saturated carbocycles.